The number of carbonyl (C=O) groups excluding carboxylic acids is 4. The van der Waals surface area contributed by atoms with Crippen LogP contribution in [0.4, 0.5) is 11.4 Å². The van der Waals surface area contributed by atoms with Crippen molar-refractivity contribution in [2.45, 2.75) is 70.3 Å². The first-order valence-electron chi connectivity index (χ1n) is 13.2. The van der Waals surface area contributed by atoms with Crippen molar-refractivity contribution >= 4 is 41.0 Å². The third kappa shape index (κ3) is 12.4. The van der Waals surface area contributed by atoms with Crippen LogP contribution in [0.2, 0.25) is 0 Å². The molecule has 0 unspecified atom stereocenters. The Morgan fingerprint density at radius 1 is 0.952 bits per heavy atom. The highest BCUT2D eigenvalue weighted by atomic mass is 16.6. The van der Waals surface area contributed by atoms with Crippen LogP contribution in [0, 0.1) is 16.0 Å². The smallest absolute Gasteiger partial charge is 0.269 e. The quantitative estimate of drug-likeness (QED) is 0.0306. The van der Waals surface area contributed by atoms with Gasteiger partial charge >= 0.3 is 0 Å². The molecule has 17 heteroatoms. The predicted molar refractivity (Wildman–Crippen MR) is 154 cm³/mol. The molecule has 0 aliphatic carbocycles. The summed E-state index contributed by atoms with van der Waals surface area (Å²) in [4.78, 5) is 65.4. The molecule has 4 amide bonds. The van der Waals surface area contributed by atoms with Gasteiger partial charge in [0.2, 0.25) is 23.6 Å². The predicted octanol–water partition coefficient (Wildman–Crippen LogP) is -2.21. The standard InChI is InChI=1S/C25H41N9O8/c1-13(2)11-17(26)21(37)32-19(12-35)23(39)33-20(14(3)36)24(40)31-18(5-4-10-29-25(27)28)22(38)30-15-6-8-16(9-7-15)34(41)42/h6-9,13-14,17-20,35-36H,4-5,10-12,26H2,1-3H3,(H,30,38)(H,31,40)(H,32,37)(H,33,39)(H4,27,28,29)/t14-,17-,18-,19+,20-/m0/s1. The van der Waals surface area contributed by atoms with E-state index in [0.717, 1.165) is 0 Å². The van der Waals surface area contributed by atoms with Crippen LogP contribution in [0.15, 0.2) is 29.3 Å². The fourth-order valence-corrected chi connectivity index (χ4v) is 3.68. The number of anilines is 1. The van der Waals surface area contributed by atoms with Crippen LogP contribution in [-0.4, -0.2) is 88.1 Å². The highest BCUT2D eigenvalue weighted by Crippen LogP contribution is 2.16. The first-order valence-corrected chi connectivity index (χ1v) is 13.2. The molecule has 42 heavy (non-hydrogen) atoms. The molecule has 0 spiro atoms. The van der Waals surface area contributed by atoms with Gasteiger partial charge in [-0.15, -0.1) is 0 Å². The lowest BCUT2D eigenvalue weighted by molar-refractivity contribution is -0.384. The first-order chi connectivity index (χ1) is 19.7. The number of nitrogens with two attached hydrogens (primary N) is 3. The molecule has 0 bridgehead atoms. The Kier molecular flexibility index (Phi) is 14.8. The Labute approximate surface area is 242 Å². The Morgan fingerprint density at radius 2 is 1.55 bits per heavy atom. The number of benzene rings is 1. The van der Waals surface area contributed by atoms with Crippen molar-refractivity contribution in [2.75, 3.05) is 18.5 Å². The van der Waals surface area contributed by atoms with Gasteiger partial charge in [-0.25, -0.2) is 0 Å². The van der Waals surface area contributed by atoms with E-state index in [0.29, 0.717) is 6.42 Å². The van der Waals surface area contributed by atoms with E-state index in [1.54, 1.807) is 0 Å². The highest BCUT2D eigenvalue weighted by Gasteiger charge is 2.32. The zero-order valence-corrected chi connectivity index (χ0v) is 23.8. The van der Waals surface area contributed by atoms with E-state index in [-0.39, 0.29) is 42.6 Å². The highest BCUT2D eigenvalue weighted by molar-refractivity contribution is 5.99. The Hall–Kier alpha value is -4.35. The van der Waals surface area contributed by atoms with Gasteiger partial charge in [-0.1, -0.05) is 13.8 Å². The van der Waals surface area contributed by atoms with E-state index in [9.17, 15) is 39.5 Å². The number of non-ortho nitro benzene ring substituents is 1. The number of hydrogen-bond donors (Lipinski definition) is 9. The van der Waals surface area contributed by atoms with E-state index in [1.165, 1.54) is 31.2 Å². The summed E-state index contributed by atoms with van der Waals surface area (Å²) in [7, 11) is 0. The summed E-state index contributed by atoms with van der Waals surface area (Å²) >= 11 is 0. The van der Waals surface area contributed by atoms with Crippen molar-refractivity contribution in [3.05, 3.63) is 34.4 Å². The zero-order valence-electron chi connectivity index (χ0n) is 23.8. The molecule has 1 aromatic rings. The number of aliphatic hydroxyl groups is 2. The van der Waals surface area contributed by atoms with Crippen molar-refractivity contribution < 1.29 is 34.3 Å². The van der Waals surface area contributed by atoms with Gasteiger partial charge in [0.15, 0.2) is 5.96 Å². The number of nitrogens with zero attached hydrogens (tertiary/aromatic N) is 2. The van der Waals surface area contributed by atoms with Crippen LogP contribution < -0.4 is 38.5 Å². The van der Waals surface area contributed by atoms with Gasteiger partial charge in [0, 0.05) is 24.4 Å². The fraction of sp³-hybridized carbons (Fsp3) is 0.560. The Morgan fingerprint density at radius 3 is 2.05 bits per heavy atom. The molecule has 0 aromatic heterocycles. The van der Waals surface area contributed by atoms with E-state index >= 15 is 0 Å². The van der Waals surface area contributed by atoms with Crippen LogP contribution in [0.25, 0.3) is 0 Å². The number of rotatable bonds is 17. The minimum Gasteiger partial charge on any atom is -0.394 e. The van der Waals surface area contributed by atoms with Gasteiger partial charge in [-0.2, -0.15) is 0 Å². The molecule has 0 saturated carbocycles. The second kappa shape index (κ2) is 17.5. The number of nitrogens with one attached hydrogen (secondary N) is 4. The summed E-state index contributed by atoms with van der Waals surface area (Å²) in [6.45, 7) is 4.25. The summed E-state index contributed by atoms with van der Waals surface area (Å²) in [5.41, 5.74) is 16.5. The average Bonchev–Trinajstić information content (AvgIpc) is 2.90. The molecule has 234 valence electrons. The second-order valence-electron chi connectivity index (χ2n) is 10.0. The van der Waals surface area contributed by atoms with Gasteiger partial charge < -0.3 is 48.7 Å². The van der Waals surface area contributed by atoms with Crippen molar-refractivity contribution in [1.82, 2.24) is 16.0 Å². The molecule has 0 heterocycles. The third-order valence-corrected chi connectivity index (χ3v) is 5.86. The van der Waals surface area contributed by atoms with Crippen molar-refractivity contribution in [2.24, 2.45) is 28.1 Å². The Bertz CT molecular complexity index is 1110. The normalized spacial score (nSPS) is 14.5. The van der Waals surface area contributed by atoms with Crippen molar-refractivity contribution in [1.29, 1.82) is 0 Å². The van der Waals surface area contributed by atoms with Crippen LogP contribution >= 0.6 is 0 Å². The van der Waals surface area contributed by atoms with Gasteiger partial charge in [0.25, 0.3) is 5.69 Å². The number of aliphatic hydroxyl groups excluding tert-OH is 2. The maximum atomic E-state index is 13.1. The SMILES string of the molecule is CC(C)C[C@H](N)C(=O)N[C@H](CO)C(=O)N[C@H](C(=O)N[C@@H](CCCN=C(N)N)C(=O)Nc1ccc([N+](=O)[O-])cc1)[C@H](C)O. The lowest BCUT2D eigenvalue weighted by Gasteiger charge is -2.26. The van der Waals surface area contributed by atoms with Crippen molar-refractivity contribution in [3.8, 4) is 0 Å². The van der Waals surface area contributed by atoms with Crippen LogP contribution in [-0.2, 0) is 19.2 Å². The molecule has 0 aliphatic heterocycles. The van der Waals surface area contributed by atoms with E-state index in [4.69, 9.17) is 17.2 Å². The van der Waals surface area contributed by atoms with E-state index < -0.39 is 65.4 Å². The number of aliphatic imine (C=N–C) groups is 1. The number of hydrogen-bond acceptors (Lipinski definition) is 10. The molecule has 0 saturated heterocycles. The topological polar surface area (TPSA) is 290 Å². The molecule has 12 N–H and O–H groups in total. The molecule has 0 fully saturated rings. The molecule has 1 rings (SSSR count). The van der Waals surface area contributed by atoms with Crippen LogP contribution in [0.1, 0.15) is 40.0 Å². The first kappa shape index (κ1) is 35.7. The van der Waals surface area contributed by atoms with Gasteiger partial charge in [-0.05, 0) is 44.2 Å². The summed E-state index contributed by atoms with van der Waals surface area (Å²) in [5, 5.41) is 40.4. The lowest BCUT2D eigenvalue weighted by Crippen LogP contribution is -2.60. The van der Waals surface area contributed by atoms with Crippen LogP contribution in [0.5, 0.6) is 0 Å². The van der Waals surface area contributed by atoms with E-state index in [1.807, 2.05) is 13.8 Å². The molecule has 5 atom stereocenters. The molecule has 0 radical (unpaired) electrons. The number of nitro benzene ring substituents is 1. The number of amides is 4. The maximum absolute atomic E-state index is 13.1. The van der Waals surface area contributed by atoms with Crippen molar-refractivity contribution in [3.63, 3.8) is 0 Å². The average molecular weight is 596 g/mol. The van der Waals surface area contributed by atoms with Gasteiger partial charge in [-0.3, -0.25) is 34.3 Å². The second-order valence-corrected chi connectivity index (χ2v) is 10.0. The number of guanidine groups is 1. The zero-order chi connectivity index (χ0) is 32.0. The summed E-state index contributed by atoms with van der Waals surface area (Å²) in [5.74, 6) is -3.36. The number of carbonyl (C=O) groups is 4. The number of nitro groups is 1. The molecular formula is C25H41N9O8. The fourth-order valence-electron chi connectivity index (χ4n) is 3.68. The molecular weight excluding hydrogens is 554 g/mol. The lowest BCUT2D eigenvalue weighted by atomic mass is 10.0. The van der Waals surface area contributed by atoms with Gasteiger partial charge in [0.1, 0.15) is 18.1 Å². The largest absolute Gasteiger partial charge is 0.394 e. The van der Waals surface area contributed by atoms with E-state index in [2.05, 4.69) is 26.3 Å². The monoisotopic (exact) mass is 595 g/mol. The minimum absolute atomic E-state index is 0.0326. The molecule has 17 nitrogen and oxygen atoms in total. The summed E-state index contributed by atoms with van der Waals surface area (Å²) < 4.78 is 0. The van der Waals surface area contributed by atoms with Crippen LogP contribution in [0.3, 0.4) is 0 Å². The maximum Gasteiger partial charge on any atom is 0.269 e. The minimum atomic E-state index is -1.58. The van der Waals surface area contributed by atoms with Gasteiger partial charge in [0.05, 0.1) is 23.7 Å². The summed E-state index contributed by atoms with van der Waals surface area (Å²) in [6.07, 6.45) is -0.841. The molecule has 1 aromatic carbocycles. The summed E-state index contributed by atoms with van der Waals surface area (Å²) in [6, 6.07) is -0.197. The third-order valence-electron chi connectivity index (χ3n) is 5.86. The molecule has 0 aliphatic rings. The Balaban J connectivity index is 3.03.